The van der Waals surface area contributed by atoms with Gasteiger partial charge < -0.3 is 4.90 Å². The highest BCUT2D eigenvalue weighted by atomic mass is 32.2. The Labute approximate surface area is 147 Å². The van der Waals surface area contributed by atoms with Crippen molar-refractivity contribution in [3.8, 4) is 12.3 Å². The first-order valence-electron chi connectivity index (χ1n) is 8.76. The molecule has 0 aromatic heterocycles. The molecule has 1 aromatic carbocycles. The molecule has 0 saturated carbocycles. The molecule has 3 nitrogen and oxygen atoms in total. The lowest BCUT2D eigenvalue weighted by atomic mass is 9.87. The number of nitrogens with zero attached hydrogens (tertiary/aromatic N) is 1. The molecule has 1 aliphatic heterocycles. The van der Waals surface area contributed by atoms with E-state index in [1.165, 1.54) is 0 Å². The average molecular weight is 348 g/mol. The zero-order valence-corrected chi connectivity index (χ0v) is 15.8. The number of sulfone groups is 1. The van der Waals surface area contributed by atoms with Crippen LogP contribution in [0.1, 0.15) is 40.0 Å². The van der Waals surface area contributed by atoms with Gasteiger partial charge in [-0.15, -0.1) is 12.3 Å². The minimum absolute atomic E-state index is 0.319. The largest absolute Gasteiger partial charge is 0.302 e. The second-order valence-corrected chi connectivity index (χ2v) is 10.1. The van der Waals surface area contributed by atoms with Crippen LogP contribution in [0.4, 0.5) is 0 Å². The number of hydrogen-bond donors (Lipinski definition) is 0. The summed E-state index contributed by atoms with van der Waals surface area (Å²) in [6, 6.07) is 8.75. The molecule has 0 radical (unpaired) electrons. The van der Waals surface area contributed by atoms with Crippen molar-refractivity contribution >= 4 is 9.84 Å². The van der Waals surface area contributed by atoms with Crippen LogP contribution in [0.25, 0.3) is 0 Å². The zero-order chi connectivity index (χ0) is 17.8. The molecule has 24 heavy (non-hydrogen) atoms. The van der Waals surface area contributed by atoms with Crippen LogP contribution in [-0.4, -0.2) is 37.7 Å². The number of piperidine rings is 1. The number of benzene rings is 1. The van der Waals surface area contributed by atoms with Gasteiger partial charge in [0.2, 0.25) is 0 Å². The Kier molecular flexibility index (Phi) is 6.11. The second kappa shape index (κ2) is 7.72. The summed E-state index contributed by atoms with van der Waals surface area (Å²) in [5, 5.41) is 0. The van der Waals surface area contributed by atoms with E-state index < -0.39 is 14.6 Å². The summed E-state index contributed by atoms with van der Waals surface area (Å²) in [7, 11) is -3.32. The van der Waals surface area contributed by atoms with Crippen molar-refractivity contribution in [1.29, 1.82) is 0 Å². The van der Waals surface area contributed by atoms with Gasteiger partial charge in [0.15, 0.2) is 9.84 Å². The molecular weight excluding hydrogens is 318 g/mol. The Hall–Kier alpha value is -1.31. The van der Waals surface area contributed by atoms with E-state index in [9.17, 15) is 8.42 Å². The summed E-state index contributed by atoms with van der Waals surface area (Å²) in [4.78, 5) is 2.80. The van der Waals surface area contributed by atoms with Crippen LogP contribution in [0.2, 0.25) is 0 Å². The van der Waals surface area contributed by atoms with Gasteiger partial charge in [-0.3, -0.25) is 0 Å². The maximum atomic E-state index is 12.8. The highest BCUT2D eigenvalue weighted by molar-refractivity contribution is 7.92. The van der Waals surface area contributed by atoms with Crippen molar-refractivity contribution in [3.05, 3.63) is 30.3 Å². The highest BCUT2D eigenvalue weighted by Gasteiger charge is 2.35. The summed E-state index contributed by atoms with van der Waals surface area (Å²) >= 11 is 0. The predicted octanol–water partition coefficient (Wildman–Crippen LogP) is 3.61. The Bertz CT molecular complexity index is 673. The van der Waals surface area contributed by atoms with Gasteiger partial charge in [-0.2, -0.15) is 0 Å². The summed E-state index contributed by atoms with van der Waals surface area (Å²) in [6.45, 7) is 8.79. The van der Waals surface area contributed by atoms with E-state index >= 15 is 0 Å². The topological polar surface area (TPSA) is 37.4 Å². The third-order valence-corrected chi connectivity index (χ3v) is 7.84. The van der Waals surface area contributed by atoms with Crippen LogP contribution >= 0.6 is 0 Å². The van der Waals surface area contributed by atoms with Crippen molar-refractivity contribution in [2.75, 3.05) is 19.6 Å². The monoisotopic (exact) mass is 347 g/mol. The molecule has 132 valence electrons. The van der Waals surface area contributed by atoms with Gasteiger partial charge in [0.05, 0.1) is 9.64 Å². The van der Waals surface area contributed by atoms with Gasteiger partial charge in [-0.25, -0.2) is 8.42 Å². The minimum Gasteiger partial charge on any atom is -0.302 e. The molecule has 1 saturated heterocycles. The van der Waals surface area contributed by atoms with Gasteiger partial charge in [-0.05, 0) is 64.3 Å². The first-order chi connectivity index (χ1) is 11.3. The van der Waals surface area contributed by atoms with E-state index in [2.05, 4.69) is 17.7 Å². The minimum atomic E-state index is -3.32. The molecular formula is C20H29NO2S. The van der Waals surface area contributed by atoms with Crippen LogP contribution < -0.4 is 0 Å². The summed E-state index contributed by atoms with van der Waals surface area (Å²) < 4.78 is 24.9. The maximum absolute atomic E-state index is 12.8. The predicted molar refractivity (Wildman–Crippen MR) is 99.5 cm³/mol. The molecule has 0 spiro atoms. The van der Waals surface area contributed by atoms with Crippen molar-refractivity contribution < 1.29 is 8.42 Å². The maximum Gasteiger partial charge on any atom is 0.183 e. The van der Waals surface area contributed by atoms with Gasteiger partial charge in [0.25, 0.3) is 0 Å². The number of terminal acetylenes is 1. The molecule has 4 heteroatoms. The van der Waals surface area contributed by atoms with Crippen LogP contribution in [0.5, 0.6) is 0 Å². The molecule has 1 heterocycles. The molecule has 2 rings (SSSR count). The van der Waals surface area contributed by atoms with Gasteiger partial charge in [-0.1, -0.05) is 25.1 Å². The number of hydrogen-bond acceptors (Lipinski definition) is 3. The van der Waals surface area contributed by atoms with E-state index in [4.69, 9.17) is 6.42 Å². The fourth-order valence-corrected chi connectivity index (χ4v) is 4.90. The molecule has 0 bridgehead atoms. The first-order valence-corrected chi connectivity index (χ1v) is 10.2. The fourth-order valence-electron chi connectivity index (χ4n) is 3.34. The highest BCUT2D eigenvalue weighted by Crippen LogP contribution is 2.30. The lowest BCUT2D eigenvalue weighted by molar-refractivity contribution is 0.155. The molecule has 2 atom stereocenters. The zero-order valence-electron chi connectivity index (χ0n) is 15.0. The van der Waals surface area contributed by atoms with Gasteiger partial charge in [0.1, 0.15) is 0 Å². The third-order valence-electron chi connectivity index (χ3n) is 5.29. The van der Waals surface area contributed by atoms with Gasteiger partial charge >= 0.3 is 0 Å². The molecule has 1 aromatic rings. The number of rotatable bonds is 6. The molecule has 1 aliphatic rings. The third kappa shape index (κ3) is 4.20. The Morgan fingerprint density at radius 3 is 2.58 bits per heavy atom. The molecule has 0 aliphatic carbocycles. The summed E-state index contributed by atoms with van der Waals surface area (Å²) in [5.74, 6) is 3.80. The number of likely N-dealkylation sites (tertiary alicyclic amines) is 1. The van der Waals surface area contributed by atoms with E-state index in [1.807, 2.05) is 19.9 Å². The fraction of sp³-hybridized carbons (Fsp3) is 0.600. The molecule has 0 amide bonds. The summed E-state index contributed by atoms with van der Waals surface area (Å²) in [5.41, 5.74) is 0. The first kappa shape index (κ1) is 19.0. The molecule has 2 unspecified atom stereocenters. The van der Waals surface area contributed by atoms with Crippen LogP contribution in [0, 0.1) is 24.2 Å². The van der Waals surface area contributed by atoms with E-state index in [-0.39, 0.29) is 0 Å². The molecule has 0 N–H and O–H groups in total. The van der Waals surface area contributed by atoms with Crippen LogP contribution in [-0.2, 0) is 9.84 Å². The standard InChI is InChI=1S/C20H29NO2S/c1-5-18-16-21(15-12-17(18)2)14-9-13-20(3,4)24(22,23)19-10-7-6-8-11-19/h1,6-8,10-11,17-18H,9,12-16H2,2-4H3. The Morgan fingerprint density at radius 1 is 1.29 bits per heavy atom. The van der Waals surface area contributed by atoms with Crippen molar-refractivity contribution in [1.82, 2.24) is 4.90 Å². The van der Waals surface area contributed by atoms with Crippen molar-refractivity contribution in [2.24, 2.45) is 11.8 Å². The normalized spacial score (nSPS) is 22.9. The van der Waals surface area contributed by atoms with Gasteiger partial charge in [0, 0.05) is 12.5 Å². The van der Waals surface area contributed by atoms with Crippen LogP contribution in [0.3, 0.4) is 0 Å². The Morgan fingerprint density at radius 2 is 1.96 bits per heavy atom. The van der Waals surface area contributed by atoms with E-state index in [1.54, 1.807) is 24.3 Å². The van der Waals surface area contributed by atoms with Crippen LogP contribution in [0.15, 0.2) is 35.2 Å². The Balaban J connectivity index is 1.93. The quantitative estimate of drug-likeness (QED) is 0.738. The van der Waals surface area contributed by atoms with Crippen molar-refractivity contribution in [2.45, 2.75) is 49.7 Å². The lowest BCUT2D eigenvalue weighted by Gasteiger charge is -2.35. The lowest BCUT2D eigenvalue weighted by Crippen LogP contribution is -2.40. The van der Waals surface area contributed by atoms with Crippen molar-refractivity contribution in [3.63, 3.8) is 0 Å². The second-order valence-electron chi connectivity index (χ2n) is 7.52. The average Bonchev–Trinajstić information content (AvgIpc) is 2.57. The summed E-state index contributed by atoms with van der Waals surface area (Å²) in [6.07, 6.45) is 8.26. The van der Waals surface area contributed by atoms with E-state index in [0.29, 0.717) is 23.2 Å². The molecule has 1 fully saturated rings. The SMILES string of the molecule is C#CC1CN(CCCC(C)(C)S(=O)(=O)c2ccccc2)CCC1C. The van der Waals surface area contributed by atoms with E-state index in [0.717, 1.165) is 32.5 Å². The smallest absolute Gasteiger partial charge is 0.183 e.